The summed E-state index contributed by atoms with van der Waals surface area (Å²) in [5.74, 6) is -0.262. The van der Waals surface area contributed by atoms with Crippen molar-refractivity contribution in [3.63, 3.8) is 0 Å². The molecule has 5 nitrogen and oxygen atoms in total. The molecule has 0 spiro atoms. The second-order valence-electron chi connectivity index (χ2n) is 5.39. The number of aliphatic hydroxyl groups is 1. The molecule has 2 unspecified atom stereocenters. The molecular formula is C12H22N2O3. The van der Waals surface area contributed by atoms with Gasteiger partial charge in [0.05, 0.1) is 25.7 Å². The summed E-state index contributed by atoms with van der Waals surface area (Å²) in [5, 5.41) is 12.4. The van der Waals surface area contributed by atoms with E-state index in [1.807, 2.05) is 0 Å². The number of nitrogens with two attached hydrogens (primary N) is 1. The van der Waals surface area contributed by atoms with Crippen LogP contribution in [0, 0.1) is 11.3 Å². The van der Waals surface area contributed by atoms with Gasteiger partial charge in [-0.05, 0) is 12.8 Å². The van der Waals surface area contributed by atoms with Gasteiger partial charge in [0.2, 0.25) is 5.91 Å². The van der Waals surface area contributed by atoms with Gasteiger partial charge in [0, 0.05) is 18.0 Å². The summed E-state index contributed by atoms with van der Waals surface area (Å²) in [5.41, 5.74) is 5.70. The van der Waals surface area contributed by atoms with Crippen molar-refractivity contribution in [1.29, 1.82) is 0 Å². The first kappa shape index (κ1) is 12.8. The second kappa shape index (κ2) is 5.33. The van der Waals surface area contributed by atoms with Crippen molar-refractivity contribution in [3.05, 3.63) is 0 Å². The normalized spacial score (nSPS) is 31.6. The predicted molar refractivity (Wildman–Crippen MR) is 63.3 cm³/mol. The van der Waals surface area contributed by atoms with E-state index in [-0.39, 0.29) is 29.9 Å². The van der Waals surface area contributed by atoms with Crippen LogP contribution in [-0.4, -0.2) is 43.4 Å². The van der Waals surface area contributed by atoms with Crippen molar-refractivity contribution in [1.82, 2.24) is 5.32 Å². The smallest absolute Gasteiger partial charge is 0.227 e. The van der Waals surface area contributed by atoms with Crippen LogP contribution >= 0.6 is 0 Å². The summed E-state index contributed by atoms with van der Waals surface area (Å²) in [4.78, 5) is 11.9. The number of aliphatic hydroxyl groups excluding tert-OH is 1. The Bertz CT molecular complexity index is 277. The Labute approximate surface area is 102 Å². The Morgan fingerprint density at radius 1 is 1.41 bits per heavy atom. The maximum atomic E-state index is 11.9. The number of hydrogen-bond donors (Lipinski definition) is 3. The lowest BCUT2D eigenvalue weighted by atomic mass is 9.87. The van der Waals surface area contributed by atoms with Crippen LogP contribution in [0.1, 0.15) is 25.7 Å². The number of carbonyl (C=O) groups excluding carboxylic acids is 1. The van der Waals surface area contributed by atoms with E-state index in [0.717, 1.165) is 25.7 Å². The van der Waals surface area contributed by atoms with E-state index in [2.05, 4.69) is 5.32 Å². The quantitative estimate of drug-likeness (QED) is 0.628. The van der Waals surface area contributed by atoms with E-state index in [1.54, 1.807) is 0 Å². The molecule has 0 aromatic rings. The average Bonchev–Trinajstić information content (AvgIpc) is 2.95. The molecule has 1 saturated heterocycles. The number of ether oxygens (including phenoxy) is 1. The van der Waals surface area contributed by atoms with Crippen molar-refractivity contribution in [2.45, 2.75) is 31.7 Å². The van der Waals surface area contributed by atoms with E-state index in [1.165, 1.54) is 0 Å². The lowest BCUT2D eigenvalue weighted by molar-refractivity contribution is -0.125. The highest BCUT2D eigenvalue weighted by Crippen LogP contribution is 2.36. The largest absolute Gasteiger partial charge is 0.396 e. The van der Waals surface area contributed by atoms with Crippen LogP contribution in [0.2, 0.25) is 0 Å². The van der Waals surface area contributed by atoms with Crippen LogP contribution < -0.4 is 11.1 Å². The minimum Gasteiger partial charge on any atom is -0.396 e. The minimum atomic E-state index is -0.229. The van der Waals surface area contributed by atoms with Crippen molar-refractivity contribution in [2.75, 3.05) is 26.4 Å². The fourth-order valence-electron chi connectivity index (χ4n) is 2.76. The third-order valence-electron chi connectivity index (χ3n) is 4.10. The zero-order valence-electron chi connectivity index (χ0n) is 10.2. The summed E-state index contributed by atoms with van der Waals surface area (Å²) in [6.07, 6.45) is 4.28. The molecule has 0 radical (unpaired) electrons. The van der Waals surface area contributed by atoms with Gasteiger partial charge in [-0.15, -0.1) is 0 Å². The van der Waals surface area contributed by atoms with Gasteiger partial charge in [0.25, 0.3) is 0 Å². The molecule has 0 aromatic carbocycles. The molecule has 0 bridgehead atoms. The van der Waals surface area contributed by atoms with Gasteiger partial charge in [-0.2, -0.15) is 0 Å². The van der Waals surface area contributed by atoms with Crippen LogP contribution in [-0.2, 0) is 9.53 Å². The molecule has 1 aliphatic heterocycles. The zero-order valence-corrected chi connectivity index (χ0v) is 10.2. The summed E-state index contributed by atoms with van der Waals surface area (Å²) < 4.78 is 5.18. The number of amides is 1. The fourth-order valence-corrected chi connectivity index (χ4v) is 2.76. The van der Waals surface area contributed by atoms with Crippen molar-refractivity contribution in [2.24, 2.45) is 17.1 Å². The van der Waals surface area contributed by atoms with Gasteiger partial charge in [-0.3, -0.25) is 4.79 Å². The Balaban J connectivity index is 1.82. The van der Waals surface area contributed by atoms with E-state index in [9.17, 15) is 9.90 Å². The first-order valence-electron chi connectivity index (χ1n) is 6.39. The van der Waals surface area contributed by atoms with Gasteiger partial charge in [-0.25, -0.2) is 0 Å². The van der Waals surface area contributed by atoms with E-state index in [4.69, 9.17) is 10.5 Å². The molecule has 1 amide bonds. The fraction of sp³-hybridized carbons (Fsp3) is 0.917. The van der Waals surface area contributed by atoms with Crippen LogP contribution in [0.25, 0.3) is 0 Å². The summed E-state index contributed by atoms with van der Waals surface area (Å²) in [6, 6.07) is -0.191. The third kappa shape index (κ3) is 2.78. The molecule has 0 aromatic heterocycles. The highest BCUT2D eigenvalue weighted by atomic mass is 16.5. The molecule has 1 heterocycles. The highest BCUT2D eigenvalue weighted by molar-refractivity contribution is 5.79. The van der Waals surface area contributed by atoms with Gasteiger partial charge in [0.15, 0.2) is 0 Å². The van der Waals surface area contributed by atoms with Gasteiger partial charge in [0.1, 0.15) is 0 Å². The lowest BCUT2D eigenvalue weighted by Crippen LogP contribution is -2.45. The maximum absolute atomic E-state index is 11.9. The Morgan fingerprint density at radius 3 is 2.65 bits per heavy atom. The van der Waals surface area contributed by atoms with Gasteiger partial charge < -0.3 is 20.9 Å². The Kier molecular flexibility index (Phi) is 4.01. The van der Waals surface area contributed by atoms with E-state index in [0.29, 0.717) is 19.8 Å². The van der Waals surface area contributed by atoms with Crippen molar-refractivity contribution in [3.8, 4) is 0 Å². The Hall–Kier alpha value is -0.650. The van der Waals surface area contributed by atoms with Crippen molar-refractivity contribution >= 4 is 5.91 Å². The highest BCUT2D eigenvalue weighted by Gasteiger charge is 2.36. The molecule has 1 saturated carbocycles. The molecule has 98 valence electrons. The summed E-state index contributed by atoms with van der Waals surface area (Å²) >= 11 is 0. The minimum absolute atomic E-state index is 0.0327. The standard InChI is InChI=1S/C12H22N2O3/c13-10-6-17-5-9(10)11(16)14-7-12(8-15)3-1-2-4-12/h9-10,15H,1-8,13H2,(H,14,16). The number of hydrogen-bond acceptors (Lipinski definition) is 4. The second-order valence-corrected chi connectivity index (χ2v) is 5.39. The molecular weight excluding hydrogens is 220 g/mol. The molecule has 2 fully saturated rings. The summed E-state index contributed by atoms with van der Waals surface area (Å²) in [6.45, 7) is 1.59. The lowest BCUT2D eigenvalue weighted by Gasteiger charge is -2.27. The van der Waals surface area contributed by atoms with Crippen LogP contribution in [0.5, 0.6) is 0 Å². The molecule has 17 heavy (non-hydrogen) atoms. The molecule has 2 atom stereocenters. The average molecular weight is 242 g/mol. The predicted octanol–water partition coefficient (Wildman–Crippen LogP) is -0.371. The number of carbonyl (C=O) groups is 1. The van der Waals surface area contributed by atoms with Gasteiger partial charge >= 0.3 is 0 Å². The number of rotatable bonds is 4. The number of nitrogens with one attached hydrogen (secondary N) is 1. The molecule has 5 heteroatoms. The topological polar surface area (TPSA) is 84.6 Å². The van der Waals surface area contributed by atoms with E-state index >= 15 is 0 Å². The Morgan fingerprint density at radius 2 is 2.12 bits per heavy atom. The van der Waals surface area contributed by atoms with E-state index < -0.39 is 0 Å². The van der Waals surface area contributed by atoms with Gasteiger partial charge in [-0.1, -0.05) is 12.8 Å². The molecule has 2 rings (SSSR count). The van der Waals surface area contributed by atoms with Crippen LogP contribution in [0.4, 0.5) is 0 Å². The summed E-state index contributed by atoms with van der Waals surface area (Å²) in [7, 11) is 0. The first-order chi connectivity index (χ1) is 8.17. The molecule has 1 aliphatic carbocycles. The SMILES string of the molecule is NC1COCC1C(=O)NCC1(CO)CCCC1. The van der Waals surface area contributed by atoms with Crippen LogP contribution in [0.3, 0.4) is 0 Å². The van der Waals surface area contributed by atoms with Crippen molar-refractivity contribution < 1.29 is 14.6 Å². The first-order valence-corrected chi connectivity index (χ1v) is 6.39. The monoisotopic (exact) mass is 242 g/mol. The molecule has 2 aliphatic rings. The van der Waals surface area contributed by atoms with Crippen LogP contribution in [0.15, 0.2) is 0 Å². The maximum Gasteiger partial charge on any atom is 0.227 e. The third-order valence-corrected chi connectivity index (χ3v) is 4.10. The zero-order chi connectivity index (χ0) is 12.3. The molecule has 4 N–H and O–H groups in total.